The minimum absolute atomic E-state index is 0.0555. The van der Waals surface area contributed by atoms with Crippen LogP contribution >= 0.6 is 11.3 Å². The lowest BCUT2D eigenvalue weighted by atomic mass is 10.1. The van der Waals surface area contributed by atoms with Gasteiger partial charge in [0.1, 0.15) is 5.75 Å². The van der Waals surface area contributed by atoms with E-state index in [0.29, 0.717) is 23.1 Å². The summed E-state index contributed by atoms with van der Waals surface area (Å²) < 4.78 is 5.54. The number of hydrogen-bond donors (Lipinski definition) is 1. The highest BCUT2D eigenvalue weighted by molar-refractivity contribution is 7.14. The molecule has 1 aliphatic heterocycles. The summed E-state index contributed by atoms with van der Waals surface area (Å²) in [5, 5.41) is 5.32. The summed E-state index contributed by atoms with van der Waals surface area (Å²) in [5.41, 5.74) is 4.35. The molecule has 0 fully saturated rings. The molecule has 2 amide bonds. The van der Waals surface area contributed by atoms with E-state index in [4.69, 9.17) is 4.74 Å². The number of fused-ring (bicyclic) bond motifs is 1. The molecule has 7 heteroatoms. The fraction of sp³-hybridized carbons (Fsp3) is 0.261. The van der Waals surface area contributed by atoms with Gasteiger partial charge < -0.3 is 9.64 Å². The molecule has 6 nitrogen and oxygen atoms in total. The number of para-hydroxylation sites is 1. The van der Waals surface area contributed by atoms with E-state index in [1.54, 1.807) is 25.1 Å². The van der Waals surface area contributed by atoms with Crippen molar-refractivity contribution in [1.29, 1.82) is 0 Å². The maximum absolute atomic E-state index is 12.7. The van der Waals surface area contributed by atoms with Gasteiger partial charge in [0.2, 0.25) is 5.91 Å². The summed E-state index contributed by atoms with van der Waals surface area (Å²) in [6.45, 7) is 6.02. The number of rotatable bonds is 5. The zero-order valence-corrected chi connectivity index (χ0v) is 18.0. The third-order valence-corrected chi connectivity index (χ3v) is 5.84. The SMILES string of the molecule is CCOc1ccccc1C(=O)Nc1nc(-c2ccc3c(c2)C[C@H](C)N3C(C)=O)cs1. The Kier molecular flexibility index (Phi) is 5.55. The van der Waals surface area contributed by atoms with Crippen molar-refractivity contribution in [3.05, 3.63) is 59.0 Å². The van der Waals surface area contributed by atoms with Crippen molar-refractivity contribution in [3.8, 4) is 17.0 Å². The van der Waals surface area contributed by atoms with Crippen LogP contribution in [-0.4, -0.2) is 29.4 Å². The molecular formula is C23H23N3O3S. The van der Waals surface area contributed by atoms with Crippen LogP contribution in [0.3, 0.4) is 0 Å². The summed E-state index contributed by atoms with van der Waals surface area (Å²) >= 11 is 1.38. The zero-order valence-electron chi connectivity index (χ0n) is 17.1. The summed E-state index contributed by atoms with van der Waals surface area (Å²) in [6, 6.07) is 13.3. The van der Waals surface area contributed by atoms with E-state index < -0.39 is 0 Å². The highest BCUT2D eigenvalue weighted by Gasteiger charge is 2.29. The number of amides is 2. The topological polar surface area (TPSA) is 71.5 Å². The van der Waals surface area contributed by atoms with Crippen LogP contribution in [0.5, 0.6) is 5.75 Å². The largest absolute Gasteiger partial charge is 0.493 e. The molecule has 0 saturated carbocycles. The van der Waals surface area contributed by atoms with E-state index in [2.05, 4.69) is 23.3 Å². The molecule has 0 aliphatic carbocycles. The van der Waals surface area contributed by atoms with Crippen LogP contribution in [0.1, 0.15) is 36.7 Å². The Morgan fingerprint density at radius 3 is 2.83 bits per heavy atom. The molecule has 1 aliphatic rings. The van der Waals surface area contributed by atoms with Gasteiger partial charge in [-0.05, 0) is 50.1 Å². The van der Waals surface area contributed by atoms with E-state index in [-0.39, 0.29) is 17.9 Å². The van der Waals surface area contributed by atoms with E-state index >= 15 is 0 Å². The maximum Gasteiger partial charge on any atom is 0.261 e. The minimum atomic E-state index is -0.250. The number of benzene rings is 2. The van der Waals surface area contributed by atoms with Crippen molar-refractivity contribution in [2.45, 2.75) is 33.2 Å². The number of aromatic nitrogens is 1. The average molecular weight is 422 g/mol. The van der Waals surface area contributed by atoms with Gasteiger partial charge in [-0.15, -0.1) is 11.3 Å². The van der Waals surface area contributed by atoms with Crippen molar-refractivity contribution in [2.75, 3.05) is 16.8 Å². The smallest absolute Gasteiger partial charge is 0.261 e. The molecule has 0 spiro atoms. The number of ether oxygens (including phenoxy) is 1. The number of nitrogens with one attached hydrogen (secondary N) is 1. The van der Waals surface area contributed by atoms with Gasteiger partial charge in [0, 0.05) is 29.6 Å². The van der Waals surface area contributed by atoms with Gasteiger partial charge in [0.25, 0.3) is 5.91 Å². The number of nitrogens with zero attached hydrogens (tertiary/aromatic N) is 2. The predicted molar refractivity (Wildman–Crippen MR) is 119 cm³/mol. The predicted octanol–water partition coefficient (Wildman–Crippen LogP) is 4.76. The minimum Gasteiger partial charge on any atom is -0.493 e. The number of carbonyl (C=O) groups is 2. The molecule has 4 rings (SSSR count). The fourth-order valence-electron chi connectivity index (χ4n) is 3.83. The quantitative estimate of drug-likeness (QED) is 0.645. The second kappa shape index (κ2) is 8.28. The van der Waals surface area contributed by atoms with Gasteiger partial charge in [0.05, 0.1) is 17.9 Å². The first-order valence-corrected chi connectivity index (χ1v) is 10.8. The molecule has 30 heavy (non-hydrogen) atoms. The Hall–Kier alpha value is -3.19. The average Bonchev–Trinajstić information content (AvgIpc) is 3.31. The third-order valence-electron chi connectivity index (χ3n) is 5.09. The summed E-state index contributed by atoms with van der Waals surface area (Å²) in [5.74, 6) is 0.358. The Labute approximate surface area is 179 Å². The van der Waals surface area contributed by atoms with E-state index in [9.17, 15) is 9.59 Å². The lowest BCUT2D eigenvalue weighted by Crippen LogP contribution is -2.33. The van der Waals surface area contributed by atoms with Crippen LogP contribution in [0.2, 0.25) is 0 Å². The van der Waals surface area contributed by atoms with E-state index in [1.807, 2.05) is 35.4 Å². The van der Waals surface area contributed by atoms with Gasteiger partial charge in [-0.1, -0.05) is 18.2 Å². The first-order chi connectivity index (χ1) is 14.5. The summed E-state index contributed by atoms with van der Waals surface area (Å²) in [6.07, 6.45) is 0.824. The molecule has 0 bridgehead atoms. The summed E-state index contributed by atoms with van der Waals surface area (Å²) in [4.78, 5) is 31.0. The second-order valence-corrected chi connectivity index (χ2v) is 8.06. The Morgan fingerprint density at radius 1 is 1.27 bits per heavy atom. The van der Waals surface area contributed by atoms with Crippen molar-refractivity contribution in [3.63, 3.8) is 0 Å². The number of thiazole rings is 1. The molecule has 0 radical (unpaired) electrons. The lowest BCUT2D eigenvalue weighted by Gasteiger charge is -2.20. The van der Waals surface area contributed by atoms with Crippen molar-refractivity contribution < 1.29 is 14.3 Å². The molecule has 0 unspecified atom stereocenters. The van der Waals surface area contributed by atoms with Crippen LogP contribution in [0.15, 0.2) is 47.8 Å². The normalized spacial score (nSPS) is 15.0. The van der Waals surface area contributed by atoms with Crippen molar-refractivity contribution >= 4 is 34.0 Å². The maximum atomic E-state index is 12.7. The van der Waals surface area contributed by atoms with E-state index in [1.165, 1.54) is 11.3 Å². The monoisotopic (exact) mass is 421 g/mol. The Bertz CT molecular complexity index is 1110. The number of hydrogen-bond acceptors (Lipinski definition) is 5. The van der Waals surface area contributed by atoms with Crippen molar-refractivity contribution in [2.24, 2.45) is 0 Å². The third kappa shape index (κ3) is 3.80. The van der Waals surface area contributed by atoms with Crippen LogP contribution < -0.4 is 15.0 Å². The lowest BCUT2D eigenvalue weighted by molar-refractivity contribution is -0.116. The Balaban J connectivity index is 1.54. The highest BCUT2D eigenvalue weighted by Crippen LogP contribution is 2.36. The molecule has 3 aromatic rings. The van der Waals surface area contributed by atoms with Crippen molar-refractivity contribution in [1.82, 2.24) is 4.98 Å². The molecule has 0 saturated heterocycles. The highest BCUT2D eigenvalue weighted by atomic mass is 32.1. The standard InChI is InChI=1S/C23H23N3O3S/c1-4-29-21-8-6-5-7-18(21)22(28)25-23-24-19(13-30-23)16-9-10-20-17(12-16)11-14(2)26(20)15(3)27/h5-10,12-14H,4,11H2,1-3H3,(H,24,25,28)/t14-/m0/s1. The van der Waals surface area contributed by atoms with Gasteiger partial charge in [-0.2, -0.15) is 0 Å². The van der Waals surface area contributed by atoms with Gasteiger partial charge in [-0.3, -0.25) is 14.9 Å². The molecule has 1 N–H and O–H groups in total. The Morgan fingerprint density at radius 2 is 2.07 bits per heavy atom. The zero-order chi connectivity index (χ0) is 21.3. The van der Waals surface area contributed by atoms with Gasteiger partial charge in [0.15, 0.2) is 5.13 Å². The molecule has 1 atom stereocenters. The molecule has 2 heterocycles. The van der Waals surface area contributed by atoms with Crippen LogP contribution in [0.25, 0.3) is 11.3 Å². The summed E-state index contributed by atoms with van der Waals surface area (Å²) in [7, 11) is 0. The number of carbonyl (C=O) groups excluding carboxylic acids is 2. The first-order valence-electron chi connectivity index (χ1n) is 9.89. The van der Waals surface area contributed by atoms with E-state index in [0.717, 1.165) is 28.9 Å². The van der Waals surface area contributed by atoms with Crippen LogP contribution in [0.4, 0.5) is 10.8 Å². The van der Waals surface area contributed by atoms with Gasteiger partial charge >= 0.3 is 0 Å². The molecule has 1 aromatic heterocycles. The molecule has 2 aromatic carbocycles. The van der Waals surface area contributed by atoms with Crippen LogP contribution in [-0.2, 0) is 11.2 Å². The van der Waals surface area contributed by atoms with Crippen LogP contribution in [0, 0.1) is 0 Å². The molecular weight excluding hydrogens is 398 g/mol. The number of anilines is 2. The second-order valence-electron chi connectivity index (χ2n) is 7.21. The fourth-order valence-corrected chi connectivity index (χ4v) is 4.55. The first kappa shape index (κ1) is 20.1. The van der Waals surface area contributed by atoms with Gasteiger partial charge in [-0.25, -0.2) is 4.98 Å². The molecule has 154 valence electrons.